The summed E-state index contributed by atoms with van der Waals surface area (Å²) in [4.78, 5) is 30.9. The molecule has 2 aromatic heterocycles. The van der Waals surface area contributed by atoms with Crippen molar-refractivity contribution in [3.63, 3.8) is 0 Å². The number of nitrogens with one attached hydrogen (secondary N) is 1. The minimum atomic E-state index is -3.64. The van der Waals surface area contributed by atoms with Crippen molar-refractivity contribution in [3.8, 4) is 5.69 Å². The first-order valence-electron chi connectivity index (χ1n) is 9.98. The average molecular weight is 469 g/mol. The first kappa shape index (κ1) is 22.6. The van der Waals surface area contributed by atoms with Crippen LogP contribution in [-0.4, -0.2) is 43.3 Å². The van der Waals surface area contributed by atoms with Crippen molar-refractivity contribution >= 4 is 37.8 Å². The van der Waals surface area contributed by atoms with Gasteiger partial charge in [0.1, 0.15) is 5.82 Å². The molecule has 4 aromatic rings. The molecule has 0 radical (unpaired) electrons. The van der Waals surface area contributed by atoms with Crippen LogP contribution in [0.1, 0.15) is 15.9 Å². The van der Waals surface area contributed by atoms with Crippen LogP contribution in [-0.2, 0) is 14.3 Å². The Bertz CT molecular complexity index is 1550. The molecule has 8 nitrogen and oxygen atoms in total. The topological polar surface area (TPSA) is 107 Å². The molecule has 1 amide bonds. The third kappa shape index (κ3) is 4.76. The molecule has 2 heterocycles. The highest BCUT2D eigenvalue weighted by Crippen LogP contribution is 2.23. The van der Waals surface area contributed by atoms with Gasteiger partial charge in [0.2, 0.25) is 0 Å². The Morgan fingerprint density at radius 3 is 2.58 bits per heavy atom. The molecule has 1 N–H and O–H groups in total. The van der Waals surface area contributed by atoms with Crippen molar-refractivity contribution in [2.24, 2.45) is 0 Å². The lowest BCUT2D eigenvalue weighted by atomic mass is 10.1. The highest BCUT2D eigenvalue weighted by molar-refractivity contribution is 7.85. The van der Waals surface area contributed by atoms with E-state index in [-0.39, 0.29) is 29.6 Å². The number of hydrogen-bond acceptors (Lipinski definition) is 6. The van der Waals surface area contributed by atoms with Gasteiger partial charge in [0.15, 0.2) is 0 Å². The minimum absolute atomic E-state index is 0.0737. The van der Waals surface area contributed by atoms with Crippen LogP contribution < -0.4 is 10.9 Å². The van der Waals surface area contributed by atoms with E-state index in [1.165, 1.54) is 35.0 Å². The fourth-order valence-corrected chi connectivity index (χ4v) is 3.89. The van der Waals surface area contributed by atoms with Crippen LogP contribution in [0.15, 0.2) is 59.5 Å². The van der Waals surface area contributed by atoms with Gasteiger partial charge < -0.3 is 5.32 Å². The van der Waals surface area contributed by atoms with Gasteiger partial charge in [-0.15, -0.1) is 0 Å². The molecule has 0 bridgehead atoms. The molecule has 0 fully saturated rings. The fourth-order valence-electron chi connectivity index (χ4n) is 3.51. The third-order valence-corrected chi connectivity index (χ3v) is 5.64. The molecule has 4 rings (SSSR count). The summed E-state index contributed by atoms with van der Waals surface area (Å²) in [6.07, 6.45) is 2.26. The molecule has 0 aliphatic carbocycles. The largest absolute Gasteiger partial charge is 0.350 e. The number of nitrogens with zero attached hydrogens (tertiary/aromatic N) is 2. The molecule has 0 saturated heterocycles. The maximum atomic E-state index is 13.4. The number of benzene rings is 2. The standard InChI is InChI=1S/C23H20FN3O5S/c1-14-4-3-5-15-12-18-21(26-20(14)15)19(22(28)25-10-11-32-33(2,30)31)13-27(23(18)29)17-8-6-16(24)7-9-17/h3-9,12-13H,10-11H2,1-2H3,(H,25,28). The van der Waals surface area contributed by atoms with Gasteiger partial charge in [-0.2, -0.15) is 8.42 Å². The van der Waals surface area contributed by atoms with Crippen LogP contribution in [0.3, 0.4) is 0 Å². The van der Waals surface area contributed by atoms with E-state index in [4.69, 9.17) is 0 Å². The van der Waals surface area contributed by atoms with Gasteiger partial charge in [-0.1, -0.05) is 18.2 Å². The highest BCUT2D eigenvalue weighted by atomic mass is 32.2. The van der Waals surface area contributed by atoms with E-state index in [0.29, 0.717) is 11.2 Å². The monoisotopic (exact) mass is 469 g/mol. The number of fused-ring (bicyclic) bond motifs is 2. The van der Waals surface area contributed by atoms with Crippen molar-refractivity contribution in [2.45, 2.75) is 6.92 Å². The van der Waals surface area contributed by atoms with Crippen molar-refractivity contribution < 1.29 is 21.8 Å². The Labute approximate surface area is 188 Å². The van der Waals surface area contributed by atoms with Gasteiger partial charge in [-0.3, -0.25) is 18.3 Å². The van der Waals surface area contributed by atoms with Crippen LogP contribution in [0.25, 0.3) is 27.5 Å². The lowest BCUT2D eigenvalue weighted by Gasteiger charge is -2.13. The second-order valence-corrected chi connectivity index (χ2v) is 9.15. The lowest BCUT2D eigenvalue weighted by Crippen LogP contribution is -2.30. The van der Waals surface area contributed by atoms with Gasteiger partial charge in [0, 0.05) is 23.8 Å². The molecule has 0 atom stereocenters. The minimum Gasteiger partial charge on any atom is -0.350 e. The highest BCUT2D eigenvalue weighted by Gasteiger charge is 2.18. The number of carbonyl (C=O) groups excluding carboxylic acids is 1. The Kier molecular flexibility index (Phi) is 5.96. The molecular weight excluding hydrogens is 449 g/mol. The maximum absolute atomic E-state index is 13.4. The number of hydrogen-bond donors (Lipinski definition) is 1. The number of aryl methyl sites for hydroxylation is 1. The predicted octanol–water partition coefficient (Wildman–Crippen LogP) is 2.69. The Morgan fingerprint density at radius 2 is 1.88 bits per heavy atom. The number of pyridine rings is 2. The molecule has 0 unspecified atom stereocenters. The average Bonchev–Trinajstić information content (AvgIpc) is 2.76. The second-order valence-electron chi connectivity index (χ2n) is 7.51. The SMILES string of the molecule is Cc1cccc2cc3c(=O)n(-c4ccc(F)cc4)cc(C(=O)NCCOS(C)(=O)=O)c3nc12. The van der Waals surface area contributed by atoms with Crippen LogP contribution >= 0.6 is 0 Å². The van der Waals surface area contributed by atoms with E-state index in [9.17, 15) is 22.4 Å². The fraction of sp³-hybridized carbons (Fsp3) is 0.174. The van der Waals surface area contributed by atoms with Crippen molar-refractivity contribution in [2.75, 3.05) is 19.4 Å². The summed E-state index contributed by atoms with van der Waals surface area (Å²) in [7, 11) is -3.64. The smallest absolute Gasteiger partial charge is 0.264 e. The van der Waals surface area contributed by atoms with Gasteiger partial charge in [0.05, 0.1) is 34.8 Å². The molecule has 0 aliphatic rings. The van der Waals surface area contributed by atoms with E-state index in [0.717, 1.165) is 17.2 Å². The number of amides is 1. The van der Waals surface area contributed by atoms with Crippen molar-refractivity contribution in [3.05, 3.63) is 82.0 Å². The Hall–Kier alpha value is -3.63. The molecule has 33 heavy (non-hydrogen) atoms. The number of rotatable bonds is 6. The van der Waals surface area contributed by atoms with Gasteiger partial charge >= 0.3 is 0 Å². The molecule has 0 saturated carbocycles. The van der Waals surface area contributed by atoms with E-state index < -0.39 is 27.4 Å². The summed E-state index contributed by atoms with van der Waals surface area (Å²) in [6, 6.07) is 12.5. The van der Waals surface area contributed by atoms with Crippen molar-refractivity contribution in [1.82, 2.24) is 14.9 Å². The van der Waals surface area contributed by atoms with Gasteiger partial charge in [-0.05, 0) is 42.8 Å². The van der Waals surface area contributed by atoms with Crippen LogP contribution in [0, 0.1) is 12.7 Å². The van der Waals surface area contributed by atoms with Gasteiger partial charge in [-0.25, -0.2) is 9.37 Å². The lowest BCUT2D eigenvalue weighted by molar-refractivity contribution is 0.0948. The zero-order chi connectivity index (χ0) is 23.8. The summed E-state index contributed by atoms with van der Waals surface area (Å²) in [6.45, 7) is 1.56. The predicted molar refractivity (Wildman–Crippen MR) is 123 cm³/mol. The van der Waals surface area contributed by atoms with Gasteiger partial charge in [0.25, 0.3) is 21.6 Å². The summed E-state index contributed by atoms with van der Waals surface area (Å²) in [5.74, 6) is -1.02. The van der Waals surface area contributed by atoms with Crippen LogP contribution in [0.4, 0.5) is 4.39 Å². The maximum Gasteiger partial charge on any atom is 0.264 e. The summed E-state index contributed by atoms with van der Waals surface area (Å²) < 4.78 is 41.6. The Morgan fingerprint density at radius 1 is 1.15 bits per heavy atom. The normalized spacial score (nSPS) is 11.7. The van der Waals surface area contributed by atoms with E-state index in [2.05, 4.69) is 14.5 Å². The molecule has 0 aliphatic heterocycles. The summed E-state index contributed by atoms with van der Waals surface area (Å²) in [5, 5.41) is 3.55. The summed E-state index contributed by atoms with van der Waals surface area (Å²) in [5.41, 5.74) is 1.81. The zero-order valence-corrected chi connectivity index (χ0v) is 18.6. The summed E-state index contributed by atoms with van der Waals surface area (Å²) >= 11 is 0. The van der Waals surface area contributed by atoms with Crippen LogP contribution in [0.2, 0.25) is 0 Å². The molecule has 0 spiro atoms. The van der Waals surface area contributed by atoms with Crippen molar-refractivity contribution in [1.29, 1.82) is 0 Å². The number of halogens is 1. The van der Waals surface area contributed by atoms with E-state index >= 15 is 0 Å². The molecule has 10 heteroatoms. The molecule has 170 valence electrons. The number of para-hydroxylation sites is 1. The zero-order valence-electron chi connectivity index (χ0n) is 17.8. The first-order valence-corrected chi connectivity index (χ1v) is 11.8. The molecule has 2 aromatic carbocycles. The van der Waals surface area contributed by atoms with E-state index in [1.54, 1.807) is 6.07 Å². The number of carbonyl (C=O) groups is 1. The second kappa shape index (κ2) is 8.72. The Balaban J connectivity index is 1.87. The van der Waals surface area contributed by atoms with E-state index in [1.807, 2.05) is 25.1 Å². The molecular formula is C23H20FN3O5S. The third-order valence-electron chi connectivity index (χ3n) is 5.04. The van der Waals surface area contributed by atoms with Crippen LogP contribution in [0.5, 0.6) is 0 Å². The first-order chi connectivity index (χ1) is 15.6. The quantitative estimate of drug-likeness (QED) is 0.264. The number of aromatic nitrogens is 2.